The smallest absolute Gasteiger partial charge is 0.231 e. The summed E-state index contributed by atoms with van der Waals surface area (Å²) in [5.74, 6) is 2.04. The molecule has 0 saturated carbocycles. The summed E-state index contributed by atoms with van der Waals surface area (Å²) >= 11 is 0. The van der Waals surface area contributed by atoms with Crippen LogP contribution < -0.4 is 0 Å². The van der Waals surface area contributed by atoms with E-state index in [9.17, 15) is 0 Å². The molecule has 0 aliphatic rings. The summed E-state index contributed by atoms with van der Waals surface area (Å²) in [6.45, 7) is 0. The van der Waals surface area contributed by atoms with Crippen LogP contribution in [-0.4, -0.2) is 24.5 Å². The van der Waals surface area contributed by atoms with E-state index in [0.717, 1.165) is 110 Å². The SMILES string of the molecule is c1ccc(-c2nc(-n3c4ccc(-c5nc(-c6ccccc6)c6c(n5)oc5ccccc56)cc4c4cc(-c5cccc6c5oc5ccccc56)ccc43)c3ccccc3n2)cc1. The molecule has 0 N–H and O–H groups in total. The van der Waals surface area contributed by atoms with Gasteiger partial charge in [0.15, 0.2) is 11.6 Å². The van der Waals surface area contributed by atoms with Crippen LogP contribution in [0.2, 0.25) is 0 Å². The Bertz CT molecular complexity index is 3880. The second-order valence-corrected chi connectivity index (χ2v) is 15.4. The number of hydrogen-bond acceptors (Lipinski definition) is 6. The van der Waals surface area contributed by atoms with E-state index in [-0.39, 0.29) is 0 Å². The van der Waals surface area contributed by atoms with Crippen molar-refractivity contribution in [2.24, 2.45) is 0 Å². The fraction of sp³-hybridized carbons (Fsp3) is 0. The predicted molar refractivity (Wildman–Crippen MR) is 246 cm³/mol. The van der Waals surface area contributed by atoms with Gasteiger partial charge in [-0.3, -0.25) is 4.57 Å². The van der Waals surface area contributed by atoms with Gasteiger partial charge < -0.3 is 8.83 Å². The molecule has 0 fully saturated rings. The highest BCUT2D eigenvalue weighted by molar-refractivity contribution is 6.15. The monoisotopic (exact) mass is 781 g/mol. The number of nitrogens with zero attached hydrogens (tertiary/aromatic N) is 5. The van der Waals surface area contributed by atoms with Crippen LogP contribution >= 0.6 is 0 Å². The first-order valence-electron chi connectivity index (χ1n) is 20.3. The van der Waals surface area contributed by atoms with Gasteiger partial charge in [-0.1, -0.05) is 133 Å². The molecule has 7 nitrogen and oxygen atoms in total. The van der Waals surface area contributed by atoms with Crippen molar-refractivity contribution in [2.75, 3.05) is 0 Å². The number of fused-ring (bicyclic) bond motifs is 10. The maximum atomic E-state index is 6.55. The van der Waals surface area contributed by atoms with Gasteiger partial charge in [-0.25, -0.2) is 15.0 Å². The van der Waals surface area contributed by atoms with Crippen molar-refractivity contribution in [1.82, 2.24) is 24.5 Å². The summed E-state index contributed by atoms with van der Waals surface area (Å²) in [4.78, 5) is 20.8. The zero-order valence-electron chi connectivity index (χ0n) is 32.5. The highest BCUT2D eigenvalue weighted by Gasteiger charge is 2.22. The van der Waals surface area contributed by atoms with Crippen LogP contribution in [0, 0.1) is 0 Å². The highest BCUT2D eigenvalue weighted by atomic mass is 16.3. The summed E-state index contributed by atoms with van der Waals surface area (Å²) in [5.41, 5.74) is 11.6. The summed E-state index contributed by atoms with van der Waals surface area (Å²) < 4.78 is 15.3. The molecule has 284 valence electrons. The Labute approximate surface area is 347 Å². The van der Waals surface area contributed by atoms with Crippen molar-refractivity contribution in [1.29, 1.82) is 0 Å². The van der Waals surface area contributed by atoms with Crippen LogP contribution in [0.3, 0.4) is 0 Å². The molecule has 0 radical (unpaired) electrons. The minimum Gasteiger partial charge on any atom is -0.455 e. The lowest BCUT2D eigenvalue weighted by molar-refractivity contribution is 0.653. The first kappa shape index (κ1) is 33.5. The minimum atomic E-state index is 0.551. The molecule has 5 heterocycles. The van der Waals surface area contributed by atoms with Crippen LogP contribution in [0.15, 0.2) is 197 Å². The van der Waals surface area contributed by atoms with E-state index in [1.54, 1.807) is 0 Å². The standard InChI is InChI=1S/C54H31N5O2/c1-3-14-32(15-4-1)49-48-40-20-9-12-25-47(40)61-54(48)58-52(56-49)35-27-29-45-42(31-35)41-30-34(36-21-13-22-38-37-18-8-11-24-46(37)60-50(36)38)26-28-44(41)59(45)53-39-19-7-10-23-43(39)55-51(57-53)33-16-5-2-6-17-33/h1-31H. The van der Waals surface area contributed by atoms with Crippen LogP contribution in [0.25, 0.3) is 128 Å². The largest absolute Gasteiger partial charge is 0.455 e. The molecule has 61 heavy (non-hydrogen) atoms. The van der Waals surface area contributed by atoms with Crippen molar-refractivity contribution in [2.45, 2.75) is 0 Å². The van der Waals surface area contributed by atoms with Crippen LogP contribution in [-0.2, 0) is 0 Å². The van der Waals surface area contributed by atoms with Gasteiger partial charge in [0.2, 0.25) is 5.71 Å². The highest BCUT2D eigenvalue weighted by Crippen LogP contribution is 2.42. The van der Waals surface area contributed by atoms with Crippen LogP contribution in [0.5, 0.6) is 0 Å². The average molecular weight is 782 g/mol. The number of rotatable bonds is 5. The van der Waals surface area contributed by atoms with Gasteiger partial charge in [0, 0.05) is 54.6 Å². The first-order chi connectivity index (χ1) is 30.2. The van der Waals surface area contributed by atoms with E-state index in [0.29, 0.717) is 17.4 Å². The molecule has 0 unspecified atom stereocenters. The Morgan fingerprint density at radius 2 is 0.984 bits per heavy atom. The molecule has 0 aliphatic heterocycles. The molecule has 5 aromatic heterocycles. The molecule has 13 rings (SSSR count). The van der Waals surface area contributed by atoms with Gasteiger partial charge in [-0.2, -0.15) is 4.98 Å². The van der Waals surface area contributed by atoms with Gasteiger partial charge in [0.1, 0.15) is 22.6 Å². The van der Waals surface area contributed by atoms with Crippen LogP contribution in [0.4, 0.5) is 0 Å². The molecule has 0 amide bonds. The predicted octanol–water partition coefficient (Wildman–Crippen LogP) is 14.0. The third-order valence-corrected chi connectivity index (χ3v) is 11.9. The number of hydrogen-bond donors (Lipinski definition) is 0. The lowest BCUT2D eigenvalue weighted by Crippen LogP contribution is -2.02. The van der Waals surface area contributed by atoms with Crippen molar-refractivity contribution < 1.29 is 8.83 Å². The van der Waals surface area contributed by atoms with E-state index >= 15 is 0 Å². The Hall–Kier alpha value is -8.42. The molecular formula is C54H31N5O2. The summed E-state index contributed by atoms with van der Waals surface area (Å²) in [5, 5.41) is 7.11. The zero-order valence-corrected chi connectivity index (χ0v) is 32.5. The number of benzene rings is 8. The maximum absolute atomic E-state index is 6.55. The van der Waals surface area contributed by atoms with Gasteiger partial charge in [0.25, 0.3) is 0 Å². The zero-order chi connectivity index (χ0) is 40.0. The quantitative estimate of drug-likeness (QED) is 0.173. The Kier molecular flexibility index (Phi) is 7.17. The third kappa shape index (κ3) is 5.17. The normalized spacial score (nSPS) is 11.9. The van der Waals surface area contributed by atoms with Gasteiger partial charge in [0.05, 0.1) is 27.6 Å². The number of para-hydroxylation sites is 4. The lowest BCUT2D eigenvalue weighted by atomic mass is 10.00. The maximum Gasteiger partial charge on any atom is 0.231 e. The molecule has 0 bridgehead atoms. The fourth-order valence-corrected chi connectivity index (χ4v) is 9.04. The topological polar surface area (TPSA) is 82.8 Å². The van der Waals surface area contributed by atoms with E-state index in [4.69, 9.17) is 28.8 Å². The van der Waals surface area contributed by atoms with Crippen molar-refractivity contribution in [3.05, 3.63) is 188 Å². The van der Waals surface area contributed by atoms with Gasteiger partial charge in [-0.05, 0) is 60.2 Å². The van der Waals surface area contributed by atoms with Crippen molar-refractivity contribution >= 4 is 76.7 Å². The summed E-state index contributed by atoms with van der Waals surface area (Å²) in [6, 6.07) is 64.5. The molecule has 0 atom stereocenters. The van der Waals surface area contributed by atoms with E-state index in [1.807, 2.05) is 78.9 Å². The number of furan rings is 2. The summed E-state index contributed by atoms with van der Waals surface area (Å²) in [6.07, 6.45) is 0. The Morgan fingerprint density at radius 3 is 1.77 bits per heavy atom. The average Bonchev–Trinajstić information content (AvgIpc) is 4.00. The molecule has 0 spiro atoms. The van der Waals surface area contributed by atoms with Gasteiger partial charge in [-0.15, -0.1) is 0 Å². The molecule has 0 saturated heterocycles. The van der Waals surface area contributed by atoms with Crippen molar-refractivity contribution in [3.63, 3.8) is 0 Å². The molecule has 7 heteroatoms. The second kappa shape index (κ2) is 13.0. The molecule has 0 aliphatic carbocycles. The van der Waals surface area contributed by atoms with Crippen molar-refractivity contribution in [3.8, 4) is 51.0 Å². The molecule has 13 aromatic rings. The van der Waals surface area contributed by atoms with E-state index < -0.39 is 0 Å². The number of aromatic nitrogens is 5. The summed E-state index contributed by atoms with van der Waals surface area (Å²) in [7, 11) is 0. The first-order valence-corrected chi connectivity index (χ1v) is 20.3. The molecule has 8 aromatic carbocycles. The minimum absolute atomic E-state index is 0.551. The Balaban J connectivity index is 1.10. The lowest BCUT2D eigenvalue weighted by Gasteiger charge is -2.13. The van der Waals surface area contributed by atoms with Gasteiger partial charge >= 0.3 is 0 Å². The van der Waals surface area contributed by atoms with E-state index in [1.165, 1.54) is 0 Å². The molecular weight excluding hydrogens is 751 g/mol. The fourth-order valence-electron chi connectivity index (χ4n) is 9.04. The second-order valence-electron chi connectivity index (χ2n) is 15.4. The Morgan fingerprint density at radius 1 is 0.377 bits per heavy atom. The van der Waals surface area contributed by atoms with E-state index in [2.05, 4.69) is 114 Å². The third-order valence-electron chi connectivity index (χ3n) is 11.9. The van der Waals surface area contributed by atoms with Crippen LogP contribution in [0.1, 0.15) is 0 Å².